The first-order valence-electron chi connectivity index (χ1n) is 10.5. The zero-order valence-electron chi connectivity index (χ0n) is 16.1. The summed E-state index contributed by atoms with van der Waals surface area (Å²) in [6.45, 7) is 4.71. The van der Waals surface area contributed by atoms with Gasteiger partial charge in [0, 0.05) is 13.1 Å². The Kier molecular flexibility index (Phi) is 3.85. The van der Waals surface area contributed by atoms with Gasteiger partial charge in [-0.2, -0.15) is 0 Å². The Morgan fingerprint density at radius 1 is 1.00 bits per heavy atom. The highest BCUT2D eigenvalue weighted by Crippen LogP contribution is 2.60. The molecule has 25 heavy (non-hydrogen) atoms. The van der Waals surface area contributed by atoms with Gasteiger partial charge < -0.3 is 4.90 Å². The first-order valence-corrected chi connectivity index (χ1v) is 10.5. The van der Waals surface area contributed by atoms with E-state index >= 15 is 0 Å². The number of rotatable bonds is 4. The summed E-state index contributed by atoms with van der Waals surface area (Å²) in [6, 6.07) is 7.20. The quantitative estimate of drug-likeness (QED) is 0.684. The lowest BCUT2D eigenvalue weighted by molar-refractivity contribution is -0.0670. The minimum atomic E-state index is 0.664. The summed E-state index contributed by atoms with van der Waals surface area (Å²) < 4.78 is 0. The molecule has 0 spiro atoms. The summed E-state index contributed by atoms with van der Waals surface area (Å²) in [5.74, 6) is 3.20. The molecule has 5 aliphatic rings. The lowest BCUT2D eigenvalue weighted by Gasteiger charge is -2.57. The predicted molar refractivity (Wildman–Crippen MR) is 105 cm³/mol. The second kappa shape index (κ2) is 5.98. The predicted octanol–water partition coefficient (Wildman–Crippen LogP) is 5.68. The Labute approximate surface area is 153 Å². The fourth-order valence-corrected chi connectivity index (χ4v) is 7.21. The number of nitrogens with zero attached hydrogens (tertiary/aromatic N) is 1. The van der Waals surface area contributed by atoms with Gasteiger partial charge in [-0.3, -0.25) is 0 Å². The fraction of sp³-hybridized carbons (Fsp3) is 0.667. The number of aryl methyl sites for hydroxylation is 1. The van der Waals surface area contributed by atoms with E-state index in [0.717, 1.165) is 24.3 Å². The molecule has 0 aliphatic heterocycles. The Bertz CT molecular complexity index is 663. The highest BCUT2D eigenvalue weighted by Gasteiger charge is 2.50. The van der Waals surface area contributed by atoms with Crippen LogP contribution >= 0.6 is 0 Å². The Morgan fingerprint density at radius 2 is 1.68 bits per heavy atom. The monoisotopic (exact) mass is 335 g/mol. The molecular formula is C24H33N. The number of hydrogen-bond acceptors (Lipinski definition) is 1. The maximum absolute atomic E-state index is 2.64. The average Bonchev–Trinajstić information content (AvgIpc) is 2.53. The van der Waals surface area contributed by atoms with Crippen LogP contribution in [0.25, 0.3) is 6.08 Å². The van der Waals surface area contributed by atoms with Gasteiger partial charge in [0.25, 0.3) is 0 Å². The largest absolute Gasteiger partial charge is 0.302 e. The molecule has 0 aromatic heterocycles. The summed E-state index contributed by atoms with van der Waals surface area (Å²) in [7, 11) is 2.36. The molecule has 0 atom stereocenters. The van der Waals surface area contributed by atoms with Crippen LogP contribution in [-0.2, 0) is 13.0 Å². The Morgan fingerprint density at radius 3 is 2.36 bits per heavy atom. The van der Waals surface area contributed by atoms with Gasteiger partial charge in [-0.15, -0.1) is 0 Å². The molecule has 0 saturated heterocycles. The van der Waals surface area contributed by atoms with Crippen LogP contribution in [0.1, 0.15) is 68.6 Å². The van der Waals surface area contributed by atoms with Crippen molar-refractivity contribution in [3.63, 3.8) is 0 Å². The van der Waals surface area contributed by atoms with Crippen LogP contribution in [0.3, 0.4) is 0 Å². The van der Waals surface area contributed by atoms with E-state index in [-0.39, 0.29) is 0 Å². The molecule has 1 heteroatoms. The molecule has 1 aromatic carbocycles. The van der Waals surface area contributed by atoms with E-state index in [0.29, 0.717) is 5.41 Å². The van der Waals surface area contributed by atoms with E-state index < -0.39 is 0 Å². The van der Waals surface area contributed by atoms with E-state index in [9.17, 15) is 0 Å². The maximum Gasteiger partial charge on any atom is 0.0231 e. The van der Waals surface area contributed by atoms with E-state index in [1.54, 1.807) is 24.8 Å². The van der Waals surface area contributed by atoms with Gasteiger partial charge in [0.1, 0.15) is 0 Å². The standard InChI is InChI=1S/C24H33N/c1-17-3-5-23-11-18(4-6-22(23)7-17)15-25(2)16-24-12-19-8-20(13-24)10-21(9-19)14-24/h4,6-7,11,19-21H,3,5,8-10,12-16H2,1-2H3. The van der Waals surface area contributed by atoms with Crippen LogP contribution in [0, 0.1) is 23.2 Å². The minimum absolute atomic E-state index is 0.664. The zero-order chi connectivity index (χ0) is 17.0. The van der Waals surface area contributed by atoms with E-state index in [1.807, 2.05) is 0 Å². The molecular weight excluding hydrogens is 302 g/mol. The minimum Gasteiger partial charge on any atom is -0.302 e. The summed E-state index contributed by atoms with van der Waals surface area (Å²) in [6.07, 6.45) is 14.1. The third-order valence-electron chi connectivity index (χ3n) is 7.62. The summed E-state index contributed by atoms with van der Waals surface area (Å²) in [4.78, 5) is 2.64. The number of benzene rings is 1. The van der Waals surface area contributed by atoms with Gasteiger partial charge >= 0.3 is 0 Å². The third-order valence-corrected chi connectivity index (χ3v) is 7.62. The van der Waals surface area contributed by atoms with Crippen molar-refractivity contribution >= 4 is 6.08 Å². The van der Waals surface area contributed by atoms with Crippen LogP contribution in [0.5, 0.6) is 0 Å². The normalized spacial score (nSPS) is 35.8. The molecule has 0 radical (unpaired) electrons. The van der Waals surface area contributed by atoms with Crippen LogP contribution in [-0.4, -0.2) is 18.5 Å². The molecule has 5 aliphatic carbocycles. The summed E-state index contributed by atoms with van der Waals surface area (Å²) in [5.41, 5.74) is 6.72. The van der Waals surface area contributed by atoms with Gasteiger partial charge in [0.2, 0.25) is 0 Å². The molecule has 4 bridgehead atoms. The summed E-state index contributed by atoms with van der Waals surface area (Å²) in [5, 5.41) is 0. The molecule has 4 fully saturated rings. The third kappa shape index (κ3) is 3.10. The van der Waals surface area contributed by atoms with Crippen LogP contribution < -0.4 is 0 Å². The topological polar surface area (TPSA) is 3.24 Å². The molecule has 134 valence electrons. The van der Waals surface area contributed by atoms with Crippen LogP contribution in [0.15, 0.2) is 23.8 Å². The highest BCUT2D eigenvalue weighted by molar-refractivity contribution is 5.59. The Balaban J connectivity index is 1.27. The number of allylic oxidation sites excluding steroid dienone is 1. The second-order valence-electron chi connectivity index (χ2n) is 10.1. The van der Waals surface area contributed by atoms with Gasteiger partial charge in [-0.1, -0.05) is 29.8 Å². The number of fused-ring (bicyclic) bond motifs is 1. The fourth-order valence-electron chi connectivity index (χ4n) is 7.21. The van der Waals surface area contributed by atoms with E-state index in [1.165, 1.54) is 55.3 Å². The first kappa shape index (κ1) is 16.1. The molecule has 1 nitrogen and oxygen atoms in total. The van der Waals surface area contributed by atoms with Gasteiger partial charge in [-0.25, -0.2) is 0 Å². The molecule has 0 N–H and O–H groups in total. The van der Waals surface area contributed by atoms with Crippen molar-refractivity contribution in [1.82, 2.24) is 4.90 Å². The molecule has 0 amide bonds. The van der Waals surface area contributed by atoms with Crippen molar-refractivity contribution in [3.8, 4) is 0 Å². The van der Waals surface area contributed by atoms with Gasteiger partial charge in [-0.05, 0) is 105 Å². The first-order chi connectivity index (χ1) is 12.1. The van der Waals surface area contributed by atoms with Crippen molar-refractivity contribution in [1.29, 1.82) is 0 Å². The zero-order valence-corrected chi connectivity index (χ0v) is 16.1. The van der Waals surface area contributed by atoms with Crippen molar-refractivity contribution in [2.24, 2.45) is 23.2 Å². The average molecular weight is 336 g/mol. The van der Waals surface area contributed by atoms with Crippen molar-refractivity contribution < 1.29 is 0 Å². The van der Waals surface area contributed by atoms with Gasteiger partial charge in [0.05, 0.1) is 0 Å². The second-order valence-corrected chi connectivity index (χ2v) is 10.1. The van der Waals surface area contributed by atoms with Crippen LogP contribution in [0.4, 0.5) is 0 Å². The molecule has 6 rings (SSSR count). The summed E-state index contributed by atoms with van der Waals surface area (Å²) >= 11 is 0. The van der Waals surface area contributed by atoms with Crippen molar-refractivity contribution in [3.05, 3.63) is 40.5 Å². The molecule has 4 saturated carbocycles. The van der Waals surface area contributed by atoms with Crippen LogP contribution in [0.2, 0.25) is 0 Å². The lowest BCUT2D eigenvalue weighted by atomic mass is 9.49. The van der Waals surface area contributed by atoms with E-state index in [4.69, 9.17) is 0 Å². The SMILES string of the molecule is CC1=Cc2ccc(CN(C)CC34CC5CC(CC(C5)C3)C4)cc2CC1. The molecule has 1 aromatic rings. The molecule has 0 unspecified atom stereocenters. The van der Waals surface area contributed by atoms with E-state index in [2.05, 4.69) is 43.1 Å². The maximum atomic E-state index is 2.64. The smallest absolute Gasteiger partial charge is 0.0231 e. The van der Waals surface area contributed by atoms with Gasteiger partial charge in [0.15, 0.2) is 0 Å². The van der Waals surface area contributed by atoms with Crippen molar-refractivity contribution in [2.75, 3.05) is 13.6 Å². The Hall–Kier alpha value is -1.08. The highest BCUT2D eigenvalue weighted by atomic mass is 15.1. The molecule has 0 heterocycles. The number of hydrogen-bond donors (Lipinski definition) is 0. The lowest BCUT2D eigenvalue weighted by Crippen LogP contribution is -2.50. The van der Waals surface area contributed by atoms with Crippen molar-refractivity contribution in [2.45, 2.75) is 64.8 Å².